The normalized spacial score (nSPS) is 19.5. The minimum absolute atomic E-state index is 0.0569. The van der Waals surface area contributed by atoms with E-state index in [1.54, 1.807) is 6.07 Å². The fourth-order valence-corrected chi connectivity index (χ4v) is 2.20. The Bertz CT molecular complexity index is 490. The molecule has 1 aliphatic heterocycles. The molecule has 19 heavy (non-hydrogen) atoms. The van der Waals surface area contributed by atoms with Gasteiger partial charge in [-0.25, -0.2) is 4.39 Å². The van der Waals surface area contributed by atoms with Gasteiger partial charge in [0.1, 0.15) is 11.9 Å². The number of nitrogens with zero attached hydrogens (tertiary/aromatic N) is 1. The zero-order valence-electron chi connectivity index (χ0n) is 10.9. The number of hydrogen-bond donors (Lipinski definition) is 1. The fraction of sp³-hybridized carbons (Fsp3) is 0.429. The SMILES string of the molecule is CCC1NC(=O)CN(CCc2cccc(F)c2)C1=O. The monoisotopic (exact) mass is 264 g/mol. The summed E-state index contributed by atoms with van der Waals surface area (Å²) in [6, 6.07) is 5.87. The molecule has 1 aromatic carbocycles. The summed E-state index contributed by atoms with van der Waals surface area (Å²) in [5, 5.41) is 2.66. The molecule has 0 radical (unpaired) electrons. The zero-order valence-corrected chi connectivity index (χ0v) is 10.9. The summed E-state index contributed by atoms with van der Waals surface area (Å²) in [6.07, 6.45) is 1.13. The first-order valence-electron chi connectivity index (χ1n) is 6.42. The lowest BCUT2D eigenvalue weighted by Crippen LogP contribution is -2.58. The predicted octanol–water partition coefficient (Wildman–Crippen LogP) is 1.11. The van der Waals surface area contributed by atoms with Crippen LogP contribution in [0.3, 0.4) is 0 Å². The number of halogens is 1. The van der Waals surface area contributed by atoms with E-state index < -0.39 is 6.04 Å². The molecule has 5 heteroatoms. The van der Waals surface area contributed by atoms with E-state index in [-0.39, 0.29) is 24.2 Å². The standard InChI is InChI=1S/C14H17FN2O2/c1-2-12-14(19)17(9-13(18)16-12)7-6-10-4-3-5-11(15)8-10/h3-5,8,12H,2,6-7,9H2,1H3,(H,16,18). The number of piperazine rings is 1. The third kappa shape index (κ3) is 3.30. The van der Waals surface area contributed by atoms with Crippen molar-refractivity contribution in [3.63, 3.8) is 0 Å². The first-order valence-corrected chi connectivity index (χ1v) is 6.42. The molecule has 0 bridgehead atoms. The first-order chi connectivity index (χ1) is 9.10. The summed E-state index contributed by atoms with van der Waals surface area (Å²) in [5.74, 6) is -0.476. The number of amides is 2. The van der Waals surface area contributed by atoms with Crippen molar-refractivity contribution < 1.29 is 14.0 Å². The van der Waals surface area contributed by atoms with Crippen molar-refractivity contribution in [2.45, 2.75) is 25.8 Å². The topological polar surface area (TPSA) is 49.4 Å². The van der Waals surface area contributed by atoms with Crippen molar-refractivity contribution in [1.82, 2.24) is 10.2 Å². The Balaban J connectivity index is 1.98. The van der Waals surface area contributed by atoms with Gasteiger partial charge in [-0.05, 0) is 30.5 Å². The average molecular weight is 264 g/mol. The van der Waals surface area contributed by atoms with Crippen molar-refractivity contribution >= 4 is 11.8 Å². The van der Waals surface area contributed by atoms with Gasteiger partial charge in [-0.15, -0.1) is 0 Å². The Morgan fingerprint density at radius 3 is 2.89 bits per heavy atom. The second-order valence-corrected chi connectivity index (χ2v) is 4.67. The molecule has 2 rings (SSSR count). The number of carbonyl (C=O) groups is 2. The van der Waals surface area contributed by atoms with Crippen LogP contribution in [0.1, 0.15) is 18.9 Å². The molecular weight excluding hydrogens is 247 g/mol. The lowest BCUT2D eigenvalue weighted by atomic mass is 10.1. The maximum atomic E-state index is 13.0. The number of benzene rings is 1. The van der Waals surface area contributed by atoms with Gasteiger partial charge < -0.3 is 10.2 Å². The molecule has 1 unspecified atom stereocenters. The Morgan fingerprint density at radius 2 is 2.21 bits per heavy atom. The highest BCUT2D eigenvalue weighted by atomic mass is 19.1. The van der Waals surface area contributed by atoms with E-state index in [4.69, 9.17) is 0 Å². The van der Waals surface area contributed by atoms with Crippen LogP contribution in [0, 0.1) is 5.82 Å². The Kier molecular flexibility index (Phi) is 4.14. The summed E-state index contributed by atoms with van der Waals surface area (Å²) in [4.78, 5) is 25.1. The second-order valence-electron chi connectivity index (χ2n) is 4.67. The van der Waals surface area contributed by atoms with Crippen LogP contribution in [0.25, 0.3) is 0 Å². The molecule has 1 aromatic rings. The second kappa shape index (κ2) is 5.82. The van der Waals surface area contributed by atoms with Crippen molar-refractivity contribution in [2.24, 2.45) is 0 Å². The number of rotatable bonds is 4. The highest BCUT2D eigenvalue weighted by Crippen LogP contribution is 2.09. The molecular formula is C14H17FN2O2. The number of carbonyl (C=O) groups excluding carboxylic acids is 2. The van der Waals surface area contributed by atoms with Gasteiger partial charge >= 0.3 is 0 Å². The van der Waals surface area contributed by atoms with Crippen molar-refractivity contribution in [3.8, 4) is 0 Å². The van der Waals surface area contributed by atoms with Crippen LogP contribution in [0.2, 0.25) is 0 Å². The molecule has 1 N–H and O–H groups in total. The molecule has 1 fully saturated rings. The molecule has 1 saturated heterocycles. The highest BCUT2D eigenvalue weighted by Gasteiger charge is 2.30. The Morgan fingerprint density at radius 1 is 1.42 bits per heavy atom. The lowest BCUT2D eigenvalue weighted by Gasteiger charge is -2.32. The summed E-state index contributed by atoms with van der Waals surface area (Å²) in [5.41, 5.74) is 0.826. The molecule has 0 spiro atoms. The Hall–Kier alpha value is -1.91. The van der Waals surface area contributed by atoms with E-state index in [1.165, 1.54) is 17.0 Å². The minimum Gasteiger partial charge on any atom is -0.343 e. The molecule has 2 amide bonds. The van der Waals surface area contributed by atoms with Crippen LogP contribution in [-0.4, -0.2) is 35.8 Å². The zero-order chi connectivity index (χ0) is 13.8. The first kappa shape index (κ1) is 13.5. The van der Waals surface area contributed by atoms with Crippen LogP contribution in [0.4, 0.5) is 4.39 Å². The van der Waals surface area contributed by atoms with Gasteiger partial charge in [0.25, 0.3) is 0 Å². The summed E-state index contributed by atoms with van der Waals surface area (Å²) >= 11 is 0. The molecule has 1 aliphatic rings. The van der Waals surface area contributed by atoms with Gasteiger partial charge in [0, 0.05) is 6.54 Å². The van der Waals surface area contributed by atoms with Crippen LogP contribution in [0.15, 0.2) is 24.3 Å². The maximum absolute atomic E-state index is 13.0. The molecule has 1 heterocycles. The van der Waals surface area contributed by atoms with Crippen LogP contribution in [-0.2, 0) is 16.0 Å². The Labute approximate surface area is 111 Å². The fourth-order valence-electron chi connectivity index (χ4n) is 2.20. The lowest BCUT2D eigenvalue weighted by molar-refractivity contribution is -0.144. The molecule has 0 aromatic heterocycles. The minimum atomic E-state index is -0.422. The van der Waals surface area contributed by atoms with Crippen molar-refractivity contribution in [1.29, 1.82) is 0 Å². The van der Waals surface area contributed by atoms with Gasteiger partial charge in [0.2, 0.25) is 11.8 Å². The van der Waals surface area contributed by atoms with E-state index in [1.807, 2.05) is 13.0 Å². The van der Waals surface area contributed by atoms with Crippen LogP contribution < -0.4 is 5.32 Å². The van der Waals surface area contributed by atoms with Gasteiger partial charge in [-0.3, -0.25) is 9.59 Å². The van der Waals surface area contributed by atoms with Crippen LogP contribution >= 0.6 is 0 Å². The predicted molar refractivity (Wildman–Crippen MR) is 68.9 cm³/mol. The highest BCUT2D eigenvalue weighted by molar-refractivity contribution is 5.94. The van der Waals surface area contributed by atoms with E-state index in [0.717, 1.165) is 5.56 Å². The quantitative estimate of drug-likeness (QED) is 0.885. The molecule has 0 saturated carbocycles. The van der Waals surface area contributed by atoms with Crippen molar-refractivity contribution in [3.05, 3.63) is 35.6 Å². The molecule has 1 atom stereocenters. The van der Waals surface area contributed by atoms with Gasteiger partial charge in [-0.1, -0.05) is 19.1 Å². The summed E-state index contributed by atoms with van der Waals surface area (Å²) in [7, 11) is 0. The van der Waals surface area contributed by atoms with Gasteiger partial charge in [0.05, 0.1) is 6.54 Å². The average Bonchev–Trinajstić information content (AvgIpc) is 2.39. The van der Waals surface area contributed by atoms with E-state index in [9.17, 15) is 14.0 Å². The third-order valence-corrected chi connectivity index (χ3v) is 3.25. The largest absolute Gasteiger partial charge is 0.343 e. The van der Waals surface area contributed by atoms with Crippen molar-refractivity contribution in [2.75, 3.05) is 13.1 Å². The van der Waals surface area contributed by atoms with Crippen LogP contribution in [0.5, 0.6) is 0 Å². The third-order valence-electron chi connectivity index (χ3n) is 3.25. The number of nitrogens with one attached hydrogen (secondary N) is 1. The summed E-state index contributed by atoms with van der Waals surface area (Å²) in [6.45, 7) is 2.38. The van der Waals surface area contributed by atoms with E-state index in [2.05, 4.69) is 5.32 Å². The van der Waals surface area contributed by atoms with E-state index >= 15 is 0 Å². The number of hydrogen-bond acceptors (Lipinski definition) is 2. The van der Waals surface area contributed by atoms with E-state index in [0.29, 0.717) is 19.4 Å². The van der Waals surface area contributed by atoms with Gasteiger partial charge in [0.15, 0.2) is 0 Å². The summed E-state index contributed by atoms with van der Waals surface area (Å²) < 4.78 is 13.0. The smallest absolute Gasteiger partial charge is 0.245 e. The maximum Gasteiger partial charge on any atom is 0.245 e. The molecule has 0 aliphatic carbocycles. The molecule has 4 nitrogen and oxygen atoms in total. The molecule has 102 valence electrons. The van der Waals surface area contributed by atoms with Gasteiger partial charge in [-0.2, -0.15) is 0 Å².